The van der Waals surface area contributed by atoms with E-state index in [0.29, 0.717) is 12.0 Å². The first-order chi connectivity index (χ1) is 7.26. The zero-order chi connectivity index (χ0) is 12.3. The summed E-state index contributed by atoms with van der Waals surface area (Å²) in [5.74, 6) is 2.15. The minimum atomic E-state index is -0.000514. The van der Waals surface area contributed by atoms with Gasteiger partial charge in [0.15, 0.2) is 5.96 Å². The molecular formula is C13H27N3. The van der Waals surface area contributed by atoms with Gasteiger partial charge in [0.05, 0.1) is 6.04 Å². The van der Waals surface area contributed by atoms with Crippen LogP contribution in [0.2, 0.25) is 0 Å². The van der Waals surface area contributed by atoms with E-state index >= 15 is 0 Å². The molecule has 1 aliphatic carbocycles. The van der Waals surface area contributed by atoms with Gasteiger partial charge in [0.2, 0.25) is 0 Å². The van der Waals surface area contributed by atoms with Crippen LogP contribution in [0.15, 0.2) is 4.99 Å². The molecule has 0 radical (unpaired) electrons. The smallest absolute Gasteiger partial charge is 0.189 e. The van der Waals surface area contributed by atoms with Crippen LogP contribution in [0.5, 0.6) is 0 Å². The molecule has 0 saturated heterocycles. The summed E-state index contributed by atoms with van der Waals surface area (Å²) in [7, 11) is 0. The summed E-state index contributed by atoms with van der Waals surface area (Å²) in [6.45, 7) is 10.9. The quantitative estimate of drug-likeness (QED) is 0.532. The number of nitrogens with zero attached hydrogens (tertiary/aromatic N) is 1. The van der Waals surface area contributed by atoms with Crippen LogP contribution in [-0.2, 0) is 0 Å². The average molecular weight is 225 g/mol. The average Bonchev–Trinajstić information content (AvgIpc) is 1.96. The van der Waals surface area contributed by atoms with Crippen LogP contribution in [0.3, 0.4) is 0 Å². The Hall–Kier alpha value is -0.730. The number of hydrogen-bond donors (Lipinski definition) is 2. The molecule has 0 aliphatic heterocycles. The van der Waals surface area contributed by atoms with Crippen molar-refractivity contribution >= 4 is 5.96 Å². The van der Waals surface area contributed by atoms with Gasteiger partial charge in [0, 0.05) is 5.54 Å². The highest BCUT2D eigenvalue weighted by Crippen LogP contribution is 2.30. The molecule has 94 valence electrons. The lowest BCUT2D eigenvalue weighted by atomic mass is 9.81. The van der Waals surface area contributed by atoms with E-state index in [1.807, 2.05) is 0 Å². The largest absolute Gasteiger partial charge is 0.370 e. The van der Waals surface area contributed by atoms with Crippen molar-refractivity contribution in [3.05, 3.63) is 0 Å². The highest BCUT2D eigenvalue weighted by Gasteiger charge is 2.24. The second-order valence-electron chi connectivity index (χ2n) is 6.46. The van der Waals surface area contributed by atoms with Crippen LogP contribution in [0.4, 0.5) is 0 Å². The highest BCUT2D eigenvalue weighted by molar-refractivity contribution is 5.78. The minimum absolute atomic E-state index is 0.000514. The summed E-state index contributed by atoms with van der Waals surface area (Å²) in [5.41, 5.74) is 5.92. The van der Waals surface area contributed by atoms with Crippen molar-refractivity contribution in [1.82, 2.24) is 5.32 Å². The second kappa shape index (κ2) is 5.07. The minimum Gasteiger partial charge on any atom is -0.370 e. The molecule has 1 fully saturated rings. The van der Waals surface area contributed by atoms with Crippen molar-refractivity contribution in [3.63, 3.8) is 0 Å². The molecule has 0 spiro atoms. The molecule has 0 aromatic carbocycles. The lowest BCUT2D eigenvalue weighted by Crippen LogP contribution is -2.45. The second-order valence-corrected chi connectivity index (χ2v) is 6.46. The van der Waals surface area contributed by atoms with Gasteiger partial charge in [0.1, 0.15) is 0 Å². The van der Waals surface area contributed by atoms with Crippen LogP contribution >= 0.6 is 0 Å². The van der Waals surface area contributed by atoms with E-state index in [-0.39, 0.29) is 5.54 Å². The molecule has 1 rings (SSSR count). The molecule has 3 heteroatoms. The van der Waals surface area contributed by atoms with Gasteiger partial charge in [-0.05, 0) is 51.9 Å². The first-order valence-electron chi connectivity index (χ1n) is 6.37. The monoisotopic (exact) mass is 225 g/mol. The first-order valence-corrected chi connectivity index (χ1v) is 6.37. The molecule has 3 nitrogen and oxygen atoms in total. The number of rotatable bonds is 1. The lowest BCUT2D eigenvalue weighted by molar-refractivity contribution is 0.270. The summed E-state index contributed by atoms with van der Waals surface area (Å²) in [6.07, 6.45) is 3.69. The Morgan fingerprint density at radius 2 is 1.62 bits per heavy atom. The maximum absolute atomic E-state index is 5.92. The fourth-order valence-electron chi connectivity index (χ4n) is 2.62. The molecule has 0 heterocycles. The van der Waals surface area contributed by atoms with E-state index in [0.717, 1.165) is 11.8 Å². The van der Waals surface area contributed by atoms with E-state index in [2.05, 4.69) is 44.9 Å². The Bertz CT molecular complexity index is 242. The fourth-order valence-corrected chi connectivity index (χ4v) is 2.62. The SMILES string of the molecule is CC1CC(C)CC(N=C(N)NC(C)(C)C)C1. The predicted octanol–water partition coefficient (Wildman–Crippen LogP) is 2.51. The van der Waals surface area contributed by atoms with Crippen LogP contribution in [0.25, 0.3) is 0 Å². The molecule has 0 amide bonds. The van der Waals surface area contributed by atoms with Gasteiger partial charge in [-0.3, -0.25) is 4.99 Å². The third-order valence-corrected chi connectivity index (χ3v) is 2.98. The summed E-state index contributed by atoms with van der Waals surface area (Å²) < 4.78 is 0. The third-order valence-electron chi connectivity index (χ3n) is 2.98. The number of nitrogens with two attached hydrogens (primary N) is 1. The van der Waals surface area contributed by atoms with Gasteiger partial charge < -0.3 is 11.1 Å². The van der Waals surface area contributed by atoms with E-state index < -0.39 is 0 Å². The molecule has 16 heavy (non-hydrogen) atoms. The Morgan fingerprint density at radius 1 is 1.12 bits per heavy atom. The van der Waals surface area contributed by atoms with Crippen molar-refractivity contribution in [3.8, 4) is 0 Å². The number of hydrogen-bond acceptors (Lipinski definition) is 1. The van der Waals surface area contributed by atoms with Gasteiger partial charge in [0.25, 0.3) is 0 Å². The van der Waals surface area contributed by atoms with Gasteiger partial charge >= 0.3 is 0 Å². The third kappa shape index (κ3) is 4.86. The van der Waals surface area contributed by atoms with Crippen LogP contribution in [0.1, 0.15) is 53.9 Å². The molecule has 0 aromatic rings. The Kier molecular flexibility index (Phi) is 4.22. The topological polar surface area (TPSA) is 50.4 Å². The van der Waals surface area contributed by atoms with Crippen LogP contribution in [-0.4, -0.2) is 17.5 Å². The van der Waals surface area contributed by atoms with Crippen molar-refractivity contribution in [1.29, 1.82) is 0 Å². The predicted molar refractivity (Wildman–Crippen MR) is 70.5 cm³/mol. The summed E-state index contributed by atoms with van der Waals surface area (Å²) in [5, 5.41) is 3.22. The molecule has 2 unspecified atom stereocenters. The molecule has 3 N–H and O–H groups in total. The van der Waals surface area contributed by atoms with Gasteiger partial charge in [-0.2, -0.15) is 0 Å². The number of aliphatic imine (C=N–C) groups is 1. The van der Waals surface area contributed by atoms with Crippen molar-refractivity contribution < 1.29 is 0 Å². The number of guanidine groups is 1. The normalized spacial score (nSPS) is 32.6. The van der Waals surface area contributed by atoms with E-state index in [9.17, 15) is 0 Å². The lowest BCUT2D eigenvalue weighted by Gasteiger charge is -2.30. The van der Waals surface area contributed by atoms with E-state index in [4.69, 9.17) is 5.73 Å². The van der Waals surface area contributed by atoms with Crippen LogP contribution < -0.4 is 11.1 Å². The zero-order valence-electron chi connectivity index (χ0n) is 11.4. The van der Waals surface area contributed by atoms with E-state index in [1.54, 1.807) is 0 Å². The Balaban J connectivity index is 2.54. The highest BCUT2D eigenvalue weighted by atomic mass is 15.1. The summed E-state index contributed by atoms with van der Waals surface area (Å²) in [6, 6.07) is 0.411. The molecule has 1 aliphatic rings. The first kappa shape index (κ1) is 13.3. The zero-order valence-corrected chi connectivity index (χ0v) is 11.4. The van der Waals surface area contributed by atoms with Crippen molar-refractivity contribution in [2.24, 2.45) is 22.6 Å². The van der Waals surface area contributed by atoms with Gasteiger partial charge in [-0.25, -0.2) is 0 Å². The number of nitrogens with one attached hydrogen (secondary N) is 1. The Morgan fingerprint density at radius 3 is 2.06 bits per heavy atom. The van der Waals surface area contributed by atoms with Gasteiger partial charge in [-0.15, -0.1) is 0 Å². The Labute approximate surface area is 99.9 Å². The van der Waals surface area contributed by atoms with Crippen molar-refractivity contribution in [2.75, 3.05) is 0 Å². The summed E-state index contributed by atoms with van der Waals surface area (Å²) >= 11 is 0. The molecule has 0 aromatic heterocycles. The molecular weight excluding hydrogens is 198 g/mol. The van der Waals surface area contributed by atoms with Crippen molar-refractivity contribution in [2.45, 2.75) is 65.5 Å². The van der Waals surface area contributed by atoms with E-state index in [1.165, 1.54) is 19.3 Å². The fraction of sp³-hybridized carbons (Fsp3) is 0.923. The van der Waals surface area contributed by atoms with Crippen LogP contribution in [0, 0.1) is 11.8 Å². The maximum atomic E-state index is 5.92. The summed E-state index contributed by atoms with van der Waals surface area (Å²) in [4.78, 5) is 4.61. The maximum Gasteiger partial charge on any atom is 0.189 e. The molecule has 1 saturated carbocycles. The molecule has 2 atom stereocenters. The standard InChI is InChI=1S/C13H27N3/c1-9-6-10(2)8-11(7-9)15-12(14)16-13(3,4)5/h9-11H,6-8H2,1-5H3,(H3,14,15,16). The molecule has 0 bridgehead atoms. The van der Waals surface area contributed by atoms with Gasteiger partial charge in [-0.1, -0.05) is 13.8 Å².